The average molecular weight is 632 g/mol. The number of nitrogens with zero attached hydrogens (tertiary/aromatic N) is 2. The second-order valence-corrected chi connectivity index (χ2v) is 10.3. The van der Waals surface area contributed by atoms with Crippen molar-refractivity contribution in [2.75, 3.05) is 26.3 Å². The standard InChI is InChI=1S/C28H24ClFIN3O3/c29-20-4-8-22(9-5-20)34-24-10-3-19(17-33-11-13-37-14-12-33)15-23(24)26(35)25(27(34)31)28(36)32-16-18-1-6-21(30)7-2-18/h1-10,15H,11-14,16-17H2,(H,32,36). The lowest BCUT2D eigenvalue weighted by atomic mass is 10.1. The molecule has 5 rings (SSSR count). The SMILES string of the molecule is O=C(NCc1ccc(F)cc1)c1c(I)n(-c2ccc(Cl)cc2)c2ccc(CN3CCOCC3)cc2c1=O. The predicted octanol–water partition coefficient (Wildman–Crippen LogP) is 5.15. The highest BCUT2D eigenvalue weighted by atomic mass is 127. The van der Waals surface area contributed by atoms with Crippen LogP contribution in [0.5, 0.6) is 0 Å². The number of carbonyl (C=O) groups excluding carboxylic acids is 1. The normalized spacial score (nSPS) is 14.1. The fourth-order valence-electron chi connectivity index (χ4n) is 4.43. The molecule has 1 aromatic heterocycles. The van der Waals surface area contributed by atoms with E-state index in [1.165, 1.54) is 12.1 Å². The van der Waals surface area contributed by atoms with E-state index in [4.69, 9.17) is 16.3 Å². The number of benzene rings is 3. The lowest BCUT2D eigenvalue weighted by Gasteiger charge is -2.26. The van der Waals surface area contributed by atoms with Crippen molar-refractivity contribution >= 4 is 51.0 Å². The van der Waals surface area contributed by atoms with E-state index in [1.807, 2.05) is 34.9 Å². The summed E-state index contributed by atoms with van der Waals surface area (Å²) in [7, 11) is 0. The molecule has 0 radical (unpaired) electrons. The number of nitrogens with one attached hydrogen (secondary N) is 1. The molecule has 0 unspecified atom stereocenters. The van der Waals surface area contributed by atoms with Crippen molar-refractivity contribution in [3.63, 3.8) is 0 Å². The Morgan fingerprint density at radius 3 is 2.38 bits per heavy atom. The molecule has 3 aromatic carbocycles. The molecule has 1 aliphatic heterocycles. The van der Waals surface area contributed by atoms with Gasteiger partial charge in [0.25, 0.3) is 5.91 Å². The van der Waals surface area contributed by atoms with Gasteiger partial charge in [-0.15, -0.1) is 0 Å². The number of hydrogen-bond acceptors (Lipinski definition) is 4. The maximum Gasteiger partial charge on any atom is 0.258 e. The van der Waals surface area contributed by atoms with Crippen molar-refractivity contribution in [1.82, 2.24) is 14.8 Å². The number of halogens is 3. The van der Waals surface area contributed by atoms with Crippen LogP contribution in [-0.4, -0.2) is 41.7 Å². The Hall–Kier alpha value is -2.79. The zero-order valence-corrected chi connectivity index (χ0v) is 22.8. The summed E-state index contributed by atoms with van der Waals surface area (Å²) in [4.78, 5) is 29.4. The van der Waals surface area contributed by atoms with Crippen LogP contribution in [0.4, 0.5) is 4.39 Å². The van der Waals surface area contributed by atoms with E-state index in [2.05, 4.69) is 32.8 Å². The van der Waals surface area contributed by atoms with Crippen molar-refractivity contribution in [2.45, 2.75) is 13.1 Å². The fourth-order valence-corrected chi connectivity index (χ4v) is 5.59. The van der Waals surface area contributed by atoms with E-state index in [-0.39, 0.29) is 23.4 Å². The van der Waals surface area contributed by atoms with Crippen LogP contribution >= 0.6 is 34.2 Å². The van der Waals surface area contributed by atoms with Gasteiger partial charge in [-0.1, -0.05) is 29.8 Å². The molecule has 1 N–H and O–H groups in total. The van der Waals surface area contributed by atoms with Crippen LogP contribution in [0.3, 0.4) is 0 Å². The minimum absolute atomic E-state index is 0.0636. The summed E-state index contributed by atoms with van der Waals surface area (Å²) >= 11 is 8.18. The van der Waals surface area contributed by atoms with Gasteiger partial charge in [0.05, 0.1) is 18.7 Å². The average Bonchev–Trinajstić information content (AvgIpc) is 2.90. The molecule has 1 aliphatic rings. The number of rotatable bonds is 6. The Morgan fingerprint density at radius 1 is 1.00 bits per heavy atom. The first-order chi connectivity index (χ1) is 17.9. The molecule has 0 saturated carbocycles. The first-order valence-electron chi connectivity index (χ1n) is 11.9. The number of aromatic nitrogens is 1. The predicted molar refractivity (Wildman–Crippen MR) is 151 cm³/mol. The van der Waals surface area contributed by atoms with Crippen LogP contribution < -0.4 is 10.7 Å². The summed E-state index contributed by atoms with van der Waals surface area (Å²) in [5, 5.41) is 3.88. The van der Waals surface area contributed by atoms with Gasteiger partial charge < -0.3 is 14.6 Å². The molecule has 1 amide bonds. The zero-order valence-electron chi connectivity index (χ0n) is 19.8. The van der Waals surface area contributed by atoms with Gasteiger partial charge in [0, 0.05) is 42.3 Å². The van der Waals surface area contributed by atoms with E-state index in [1.54, 1.807) is 24.3 Å². The van der Waals surface area contributed by atoms with Crippen molar-refractivity contribution in [2.24, 2.45) is 0 Å². The molecule has 190 valence electrons. The third-order valence-corrected chi connectivity index (χ3v) is 7.64. The minimum atomic E-state index is -0.484. The van der Waals surface area contributed by atoms with Gasteiger partial charge in [-0.05, 0) is 82.2 Å². The van der Waals surface area contributed by atoms with Crippen LogP contribution in [0, 0.1) is 9.52 Å². The smallest absolute Gasteiger partial charge is 0.258 e. The van der Waals surface area contributed by atoms with Gasteiger partial charge in [0.2, 0.25) is 5.43 Å². The summed E-state index contributed by atoms with van der Waals surface area (Å²) < 4.78 is 21.1. The number of amides is 1. The summed E-state index contributed by atoms with van der Waals surface area (Å²) in [6, 6.07) is 19.0. The molecule has 1 fully saturated rings. The van der Waals surface area contributed by atoms with Crippen LogP contribution in [0.15, 0.2) is 71.5 Å². The molecular weight excluding hydrogens is 608 g/mol. The van der Waals surface area contributed by atoms with E-state index in [9.17, 15) is 14.0 Å². The van der Waals surface area contributed by atoms with E-state index in [0.717, 1.165) is 29.9 Å². The van der Waals surface area contributed by atoms with Crippen molar-refractivity contribution in [3.05, 3.63) is 108 Å². The van der Waals surface area contributed by atoms with Gasteiger partial charge in [0.15, 0.2) is 0 Å². The highest BCUT2D eigenvalue weighted by Gasteiger charge is 2.22. The molecule has 4 aromatic rings. The van der Waals surface area contributed by atoms with Crippen LogP contribution in [0.1, 0.15) is 21.5 Å². The first kappa shape index (κ1) is 25.8. The summed E-state index contributed by atoms with van der Waals surface area (Å²) in [6.07, 6.45) is 0. The molecule has 2 heterocycles. The molecule has 9 heteroatoms. The summed E-state index contributed by atoms with van der Waals surface area (Å²) in [5.74, 6) is -0.834. The highest BCUT2D eigenvalue weighted by Crippen LogP contribution is 2.26. The third kappa shape index (κ3) is 5.72. The molecule has 37 heavy (non-hydrogen) atoms. The second kappa shape index (κ2) is 11.3. The number of hydrogen-bond donors (Lipinski definition) is 1. The van der Waals surface area contributed by atoms with Crippen molar-refractivity contribution < 1.29 is 13.9 Å². The zero-order chi connectivity index (χ0) is 25.9. The lowest BCUT2D eigenvalue weighted by molar-refractivity contribution is 0.0342. The number of pyridine rings is 1. The molecule has 1 saturated heterocycles. The molecule has 0 bridgehead atoms. The molecule has 0 atom stereocenters. The Morgan fingerprint density at radius 2 is 1.68 bits per heavy atom. The highest BCUT2D eigenvalue weighted by molar-refractivity contribution is 14.1. The molecular formula is C28H24ClFIN3O3. The number of carbonyl (C=O) groups is 1. The quantitative estimate of drug-likeness (QED) is 0.236. The maximum atomic E-state index is 13.7. The van der Waals surface area contributed by atoms with Gasteiger partial charge in [0.1, 0.15) is 15.1 Å². The largest absolute Gasteiger partial charge is 0.379 e. The van der Waals surface area contributed by atoms with Crippen molar-refractivity contribution in [3.8, 4) is 5.69 Å². The van der Waals surface area contributed by atoms with E-state index in [0.29, 0.717) is 39.4 Å². The number of ether oxygens (including phenoxy) is 1. The van der Waals surface area contributed by atoms with Gasteiger partial charge in [-0.25, -0.2) is 4.39 Å². The maximum absolute atomic E-state index is 13.7. The topological polar surface area (TPSA) is 63.6 Å². The summed E-state index contributed by atoms with van der Waals surface area (Å²) in [5.41, 5.74) is 2.95. The van der Waals surface area contributed by atoms with Crippen molar-refractivity contribution in [1.29, 1.82) is 0 Å². The molecule has 0 aliphatic carbocycles. The van der Waals surface area contributed by atoms with E-state index < -0.39 is 5.91 Å². The Kier molecular flexibility index (Phi) is 7.89. The fraction of sp³-hybridized carbons (Fsp3) is 0.214. The third-order valence-electron chi connectivity index (χ3n) is 6.36. The second-order valence-electron chi connectivity index (χ2n) is 8.86. The number of morpholine rings is 1. The molecule has 0 spiro atoms. The lowest BCUT2D eigenvalue weighted by Crippen LogP contribution is -2.35. The van der Waals surface area contributed by atoms with Gasteiger partial charge in [-0.2, -0.15) is 0 Å². The Balaban J connectivity index is 1.58. The van der Waals surface area contributed by atoms with Crippen LogP contribution in [0.25, 0.3) is 16.6 Å². The minimum Gasteiger partial charge on any atom is -0.379 e. The number of fused-ring (bicyclic) bond motifs is 1. The van der Waals surface area contributed by atoms with Crippen LogP contribution in [0.2, 0.25) is 5.02 Å². The van der Waals surface area contributed by atoms with Crippen LogP contribution in [-0.2, 0) is 17.8 Å². The molecule has 6 nitrogen and oxygen atoms in total. The van der Waals surface area contributed by atoms with Gasteiger partial charge >= 0.3 is 0 Å². The first-order valence-corrected chi connectivity index (χ1v) is 13.3. The Labute approximate surface area is 232 Å². The van der Waals surface area contributed by atoms with Gasteiger partial charge in [-0.3, -0.25) is 14.5 Å². The summed E-state index contributed by atoms with van der Waals surface area (Å²) in [6.45, 7) is 3.90. The van der Waals surface area contributed by atoms with E-state index >= 15 is 0 Å². The monoisotopic (exact) mass is 631 g/mol. The Bertz CT molecular complexity index is 1500.